The zero-order valence-electron chi connectivity index (χ0n) is 18.2. The van der Waals surface area contributed by atoms with Crippen molar-refractivity contribution in [2.24, 2.45) is 11.8 Å². The molecule has 2 aromatic carbocycles. The van der Waals surface area contributed by atoms with Crippen LogP contribution in [-0.4, -0.2) is 42.2 Å². The second-order valence-electron chi connectivity index (χ2n) is 8.04. The van der Waals surface area contributed by atoms with Crippen LogP contribution >= 0.6 is 0 Å². The molecule has 1 heterocycles. The van der Waals surface area contributed by atoms with Crippen LogP contribution in [0.5, 0.6) is 5.75 Å². The zero-order valence-corrected chi connectivity index (χ0v) is 18.2. The second kappa shape index (κ2) is 9.68. The molecule has 2 atom stereocenters. The molecule has 1 fully saturated rings. The highest BCUT2D eigenvalue weighted by Crippen LogP contribution is 2.35. The lowest BCUT2D eigenvalue weighted by Gasteiger charge is -2.14. The van der Waals surface area contributed by atoms with Gasteiger partial charge in [-0.3, -0.25) is 24.1 Å². The fraction of sp³-hybridized carbons (Fsp3) is 0.280. The Morgan fingerprint density at radius 3 is 2.00 bits per heavy atom. The van der Waals surface area contributed by atoms with Crippen LogP contribution in [0.25, 0.3) is 0 Å². The van der Waals surface area contributed by atoms with E-state index in [1.54, 1.807) is 55.6 Å². The summed E-state index contributed by atoms with van der Waals surface area (Å²) >= 11 is 0. The van der Waals surface area contributed by atoms with Crippen molar-refractivity contribution in [2.75, 3.05) is 24.3 Å². The summed E-state index contributed by atoms with van der Waals surface area (Å²) in [6.45, 7) is 0.0683. The average Bonchev–Trinajstić information content (AvgIpc) is 3.08. The van der Waals surface area contributed by atoms with Gasteiger partial charge in [-0.2, -0.15) is 0 Å². The topological polar surface area (TPSA) is 105 Å². The zero-order chi connectivity index (χ0) is 23.4. The predicted molar refractivity (Wildman–Crippen MR) is 123 cm³/mol. The molecule has 0 bridgehead atoms. The molecule has 4 amide bonds. The fourth-order valence-corrected chi connectivity index (χ4v) is 4.11. The average molecular weight is 447 g/mol. The summed E-state index contributed by atoms with van der Waals surface area (Å²) < 4.78 is 5.10. The number of anilines is 2. The number of likely N-dealkylation sites (tertiary alicyclic amines) is 1. The molecule has 33 heavy (non-hydrogen) atoms. The summed E-state index contributed by atoms with van der Waals surface area (Å²) in [4.78, 5) is 50.9. The molecule has 8 heteroatoms. The SMILES string of the molecule is COc1ccc(NC(=O)c2ccc(NC(=O)CCN3C(=O)[C@@H]4CC=CC[C@H]4C3=O)cc2)cc1. The van der Waals surface area contributed by atoms with Gasteiger partial charge in [0, 0.05) is 29.9 Å². The summed E-state index contributed by atoms with van der Waals surface area (Å²) in [5.74, 6) is -0.839. The van der Waals surface area contributed by atoms with Gasteiger partial charge >= 0.3 is 0 Å². The largest absolute Gasteiger partial charge is 0.497 e. The molecule has 0 radical (unpaired) electrons. The van der Waals surface area contributed by atoms with E-state index in [0.29, 0.717) is 35.5 Å². The van der Waals surface area contributed by atoms with Gasteiger partial charge in [-0.05, 0) is 61.4 Å². The molecule has 1 aliphatic heterocycles. The number of hydrogen-bond acceptors (Lipinski definition) is 5. The molecule has 2 aliphatic rings. The number of hydrogen-bond donors (Lipinski definition) is 2. The van der Waals surface area contributed by atoms with Gasteiger partial charge in [-0.25, -0.2) is 0 Å². The van der Waals surface area contributed by atoms with E-state index in [-0.39, 0.29) is 48.4 Å². The number of benzene rings is 2. The molecule has 0 aromatic heterocycles. The van der Waals surface area contributed by atoms with Gasteiger partial charge in [0.05, 0.1) is 18.9 Å². The van der Waals surface area contributed by atoms with Gasteiger partial charge in [0.25, 0.3) is 5.91 Å². The maximum Gasteiger partial charge on any atom is 0.255 e. The first kappa shape index (κ1) is 22.3. The van der Waals surface area contributed by atoms with E-state index in [2.05, 4.69) is 10.6 Å². The standard InChI is InChI=1S/C25H25N3O5/c1-33-19-12-10-18(11-13-19)27-23(30)16-6-8-17(9-7-16)26-22(29)14-15-28-24(31)20-4-2-3-5-21(20)25(28)32/h2-3,6-13,20-21H,4-5,14-15H2,1H3,(H,26,29)(H,27,30)/t20-,21-/m1/s1. The third kappa shape index (κ3) is 4.95. The predicted octanol–water partition coefficient (Wildman–Crippen LogP) is 3.23. The van der Waals surface area contributed by atoms with Crippen LogP contribution in [-0.2, 0) is 14.4 Å². The molecular weight excluding hydrogens is 422 g/mol. The summed E-state index contributed by atoms with van der Waals surface area (Å²) in [5, 5.41) is 5.54. The van der Waals surface area contributed by atoms with Crippen LogP contribution in [0.2, 0.25) is 0 Å². The van der Waals surface area contributed by atoms with Crippen LogP contribution in [0, 0.1) is 11.8 Å². The maximum absolute atomic E-state index is 12.5. The van der Waals surface area contributed by atoms with Crippen molar-refractivity contribution in [2.45, 2.75) is 19.3 Å². The van der Waals surface area contributed by atoms with Gasteiger partial charge < -0.3 is 15.4 Å². The molecule has 0 unspecified atom stereocenters. The summed E-state index contributed by atoms with van der Waals surface area (Å²) in [7, 11) is 1.57. The van der Waals surface area contributed by atoms with E-state index < -0.39 is 0 Å². The Bertz CT molecular complexity index is 1070. The van der Waals surface area contributed by atoms with Crippen LogP contribution < -0.4 is 15.4 Å². The van der Waals surface area contributed by atoms with E-state index in [1.165, 1.54) is 4.90 Å². The number of fused-ring (bicyclic) bond motifs is 1. The van der Waals surface area contributed by atoms with Crippen molar-refractivity contribution in [3.05, 3.63) is 66.2 Å². The molecule has 8 nitrogen and oxygen atoms in total. The number of carbonyl (C=O) groups is 4. The Morgan fingerprint density at radius 1 is 0.879 bits per heavy atom. The molecule has 2 aromatic rings. The molecule has 0 spiro atoms. The van der Waals surface area contributed by atoms with Crippen molar-refractivity contribution >= 4 is 35.0 Å². The number of methoxy groups -OCH3 is 1. The van der Waals surface area contributed by atoms with Crippen molar-refractivity contribution in [1.29, 1.82) is 0 Å². The van der Waals surface area contributed by atoms with E-state index in [0.717, 1.165) is 0 Å². The molecular formula is C25H25N3O5. The smallest absolute Gasteiger partial charge is 0.255 e. The number of imide groups is 1. The Hall–Kier alpha value is -3.94. The van der Waals surface area contributed by atoms with E-state index >= 15 is 0 Å². The van der Waals surface area contributed by atoms with Crippen molar-refractivity contribution < 1.29 is 23.9 Å². The Morgan fingerprint density at radius 2 is 1.42 bits per heavy atom. The number of amides is 4. The highest BCUT2D eigenvalue weighted by atomic mass is 16.5. The highest BCUT2D eigenvalue weighted by molar-refractivity contribution is 6.06. The molecule has 170 valence electrons. The first-order valence-corrected chi connectivity index (χ1v) is 10.8. The lowest BCUT2D eigenvalue weighted by molar-refractivity contribution is -0.140. The summed E-state index contributed by atoms with van der Waals surface area (Å²) in [6, 6.07) is 13.5. The van der Waals surface area contributed by atoms with Crippen LogP contribution in [0.15, 0.2) is 60.7 Å². The summed E-state index contributed by atoms with van der Waals surface area (Å²) in [6.07, 6.45) is 5.05. The third-order valence-corrected chi connectivity index (χ3v) is 5.94. The van der Waals surface area contributed by atoms with Gasteiger partial charge in [-0.15, -0.1) is 0 Å². The Balaban J connectivity index is 1.28. The Labute approximate surface area is 191 Å². The van der Waals surface area contributed by atoms with Gasteiger partial charge in [0.2, 0.25) is 17.7 Å². The first-order chi connectivity index (χ1) is 16.0. The quantitative estimate of drug-likeness (QED) is 0.501. The van der Waals surface area contributed by atoms with Gasteiger partial charge in [0.1, 0.15) is 5.75 Å². The number of ether oxygens (including phenoxy) is 1. The molecule has 1 aliphatic carbocycles. The third-order valence-electron chi connectivity index (χ3n) is 5.94. The van der Waals surface area contributed by atoms with E-state index in [4.69, 9.17) is 4.74 Å². The lowest BCUT2D eigenvalue weighted by Crippen LogP contribution is -2.34. The van der Waals surface area contributed by atoms with Crippen LogP contribution in [0.1, 0.15) is 29.6 Å². The molecule has 0 saturated carbocycles. The van der Waals surface area contributed by atoms with Crippen LogP contribution in [0.4, 0.5) is 11.4 Å². The number of carbonyl (C=O) groups excluding carboxylic acids is 4. The second-order valence-corrected chi connectivity index (χ2v) is 8.04. The minimum absolute atomic E-state index is 0.0179. The first-order valence-electron chi connectivity index (χ1n) is 10.8. The number of nitrogens with zero attached hydrogens (tertiary/aromatic N) is 1. The number of allylic oxidation sites excluding steroid dienone is 2. The van der Waals surface area contributed by atoms with Crippen LogP contribution in [0.3, 0.4) is 0 Å². The molecule has 1 saturated heterocycles. The van der Waals surface area contributed by atoms with Gasteiger partial charge in [0.15, 0.2) is 0 Å². The minimum Gasteiger partial charge on any atom is -0.497 e. The number of nitrogens with one attached hydrogen (secondary N) is 2. The van der Waals surface area contributed by atoms with Gasteiger partial charge in [-0.1, -0.05) is 12.2 Å². The summed E-state index contributed by atoms with van der Waals surface area (Å²) in [5.41, 5.74) is 1.60. The van der Waals surface area contributed by atoms with Crippen molar-refractivity contribution in [1.82, 2.24) is 4.90 Å². The monoisotopic (exact) mass is 447 g/mol. The fourth-order valence-electron chi connectivity index (χ4n) is 4.11. The van der Waals surface area contributed by atoms with E-state index in [1.807, 2.05) is 12.2 Å². The minimum atomic E-state index is -0.306. The lowest BCUT2D eigenvalue weighted by atomic mass is 9.85. The Kier molecular flexibility index (Phi) is 6.53. The van der Waals surface area contributed by atoms with Crippen molar-refractivity contribution in [3.8, 4) is 5.75 Å². The molecule has 4 rings (SSSR count). The normalized spacial score (nSPS) is 19.2. The molecule has 2 N–H and O–H groups in total. The number of rotatable bonds is 7. The highest BCUT2D eigenvalue weighted by Gasteiger charge is 2.46. The van der Waals surface area contributed by atoms with E-state index in [9.17, 15) is 19.2 Å². The van der Waals surface area contributed by atoms with Crippen molar-refractivity contribution in [3.63, 3.8) is 0 Å². The maximum atomic E-state index is 12.5.